The van der Waals surface area contributed by atoms with Crippen molar-refractivity contribution in [1.82, 2.24) is 20.8 Å². The summed E-state index contributed by atoms with van der Waals surface area (Å²) < 4.78 is 21.6. The van der Waals surface area contributed by atoms with Crippen LogP contribution in [-0.2, 0) is 16.1 Å². The third kappa shape index (κ3) is 8.66. The number of pyridine rings is 2. The van der Waals surface area contributed by atoms with Crippen molar-refractivity contribution in [2.24, 2.45) is 0 Å². The Kier molecular flexibility index (Phi) is 11.9. The Morgan fingerprint density at radius 2 is 1.81 bits per heavy atom. The van der Waals surface area contributed by atoms with E-state index < -0.39 is 11.7 Å². The molecule has 0 aliphatic carbocycles. The molecule has 5 N–H and O–H groups in total. The Hall–Kier alpha value is -5.84. The molecular weight excluding hydrogens is 607 g/mol. The van der Waals surface area contributed by atoms with E-state index >= 15 is 4.39 Å². The highest BCUT2D eigenvalue weighted by Crippen LogP contribution is 2.40. The SMILES string of the molecule is COc1ccc(-c2cnc(N3CCC(NCc4ccc(/C=C/C(=O)NO)cc4)CC3)c(F)c2-c2ccc(C#N)nc2)cc1O.O=CO. The molecule has 0 saturated carbocycles. The molecule has 1 aliphatic heterocycles. The maximum Gasteiger partial charge on any atom is 0.290 e. The van der Waals surface area contributed by atoms with Crippen molar-refractivity contribution in [3.63, 3.8) is 0 Å². The molecule has 0 unspecified atom stereocenters. The summed E-state index contributed by atoms with van der Waals surface area (Å²) in [6, 6.07) is 18.0. The number of nitrogens with zero attached hydrogens (tertiary/aromatic N) is 4. The summed E-state index contributed by atoms with van der Waals surface area (Å²) in [4.78, 5) is 30.1. The van der Waals surface area contributed by atoms with Gasteiger partial charge in [0.2, 0.25) is 0 Å². The lowest BCUT2D eigenvalue weighted by Crippen LogP contribution is -2.43. The van der Waals surface area contributed by atoms with Crippen molar-refractivity contribution >= 4 is 24.3 Å². The van der Waals surface area contributed by atoms with Gasteiger partial charge in [0, 0.05) is 60.8 Å². The Bertz CT molecular complexity index is 1750. The van der Waals surface area contributed by atoms with Crippen LogP contribution in [0.25, 0.3) is 28.3 Å². The van der Waals surface area contributed by atoms with Crippen molar-refractivity contribution < 1.29 is 34.1 Å². The van der Waals surface area contributed by atoms with Gasteiger partial charge in [0.05, 0.1) is 7.11 Å². The summed E-state index contributed by atoms with van der Waals surface area (Å²) in [5.41, 5.74) is 5.52. The van der Waals surface area contributed by atoms with Crippen LogP contribution in [0.3, 0.4) is 0 Å². The molecule has 1 saturated heterocycles. The third-order valence-corrected chi connectivity index (χ3v) is 7.56. The van der Waals surface area contributed by atoms with Crippen LogP contribution >= 0.6 is 0 Å². The van der Waals surface area contributed by atoms with Crippen molar-refractivity contribution in [3.8, 4) is 39.8 Å². The van der Waals surface area contributed by atoms with Gasteiger partial charge in [-0.25, -0.2) is 19.8 Å². The largest absolute Gasteiger partial charge is 0.504 e. The minimum absolute atomic E-state index is 0.0761. The second-order valence-corrected chi connectivity index (χ2v) is 10.4. The molecule has 5 rings (SSSR count). The monoisotopic (exact) mass is 640 g/mol. The lowest BCUT2D eigenvalue weighted by Gasteiger charge is -2.34. The van der Waals surface area contributed by atoms with Gasteiger partial charge in [-0.3, -0.25) is 14.8 Å². The normalized spacial score (nSPS) is 12.9. The Labute approximate surface area is 270 Å². The molecule has 0 radical (unpaired) electrons. The lowest BCUT2D eigenvalue weighted by molar-refractivity contribution is -0.124. The maximum absolute atomic E-state index is 16.4. The number of hydrogen-bond donors (Lipinski definition) is 5. The number of amides is 1. The summed E-state index contributed by atoms with van der Waals surface area (Å²) in [6.07, 6.45) is 7.52. The summed E-state index contributed by atoms with van der Waals surface area (Å²) in [7, 11) is 1.46. The van der Waals surface area contributed by atoms with Crippen LogP contribution in [0.2, 0.25) is 0 Å². The van der Waals surface area contributed by atoms with Gasteiger partial charge in [-0.2, -0.15) is 5.26 Å². The predicted molar refractivity (Wildman–Crippen MR) is 172 cm³/mol. The maximum atomic E-state index is 16.4. The van der Waals surface area contributed by atoms with Crippen LogP contribution in [-0.4, -0.2) is 64.0 Å². The van der Waals surface area contributed by atoms with Crippen LogP contribution in [0.4, 0.5) is 10.2 Å². The number of rotatable bonds is 9. The fourth-order valence-corrected chi connectivity index (χ4v) is 5.18. The minimum atomic E-state index is -0.590. The number of carbonyl (C=O) groups excluding carboxylic acids is 1. The van der Waals surface area contributed by atoms with Crippen molar-refractivity contribution in [2.75, 3.05) is 25.1 Å². The van der Waals surface area contributed by atoms with Gasteiger partial charge in [0.1, 0.15) is 11.8 Å². The van der Waals surface area contributed by atoms with Crippen LogP contribution in [0.1, 0.15) is 29.7 Å². The average Bonchev–Trinajstić information content (AvgIpc) is 3.10. The second kappa shape index (κ2) is 16.5. The number of nitrogens with one attached hydrogen (secondary N) is 2. The number of methoxy groups -OCH3 is 1. The number of phenolic OH excluding ortho intramolecular Hbond substituents is 1. The lowest BCUT2D eigenvalue weighted by atomic mass is 9.95. The predicted octanol–water partition coefficient (Wildman–Crippen LogP) is 4.51. The molecule has 4 aromatic rings. The topological polar surface area (TPSA) is 181 Å². The highest BCUT2D eigenvalue weighted by molar-refractivity contribution is 5.90. The molecule has 0 bridgehead atoms. The molecule has 1 amide bonds. The molecule has 2 aromatic heterocycles. The molecular formula is C34H33FN6O6. The van der Waals surface area contributed by atoms with E-state index in [0.717, 1.165) is 24.0 Å². The number of anilines is 1. The number of phenols is 1. The average molecular weight is 641 g/mol. The summed E-state index contributed by atoms with van der Waals surface area (Å²) in [5, 5.41) is 38.6. The molecule has 1 aliphatic rings. The molecule has 0 spiro atoms. The number of piperidine rings is 1. The van der Waals surface area contributed by atoms with E-state index in [9.17, 15) is 15.2 Å². The standard InChI is InChI=1S/C33H31FN6O4.CH2O2/c1-44-29-10-8-23(16-28(29)41)27-20-38-33(32(34)31(27)24-7-9-26(17-35)37-19-24)40-14-12-25(13-15-40)36-18-22-4-2-21(3-5-22)6-11-30(42)39-43;2-1-3/h2-11,16,19-20,25,36,41,43H,12-15,18H2,1H3,(H,39,42);1H,(H,2,3)/b11-6+;. The minimum Gasteiger partial charge on any atom is -0.504 e. The smallest absolute Gasteiger partial charge is 0.290 e. The Morgan fingerprint density at radius 1 is 1.11 bits per heavy atom. The van der Waals surface area contributed by atoms with Gasteiger partial charge in [0.15, 0.2) is 23.1 Å². The number of carboxylic acid groups (broad SMARTS) is 1. The van der Waals surface area contributed by atoms with Gasteiger partial charge >= 0.3 is 0 Å². The Balaban J connectivity index is 0.00000160. The van der Waals surface area contributed by atoms with E-state index in [4.69, 9.17) is 19.8 Å². The number of halogens is 1. The van der Waals surface area contributed by atoms with Gasteiger partial charge in [-0.15, -0.1) is 0 Å². The van der Waals surface area contributed by atoms with E-state index in [1.54, 1.807) is 42.0 Å². The molecule has 2 aromatic carbocycles. The first-order chi connectivity index (χ1) is 22.8. The van der Waals surface area contributed by atoms with Gasteiger partial charge in [-0.05, 0) is 59.9 Å². The van der Waals surface area contributed by atoms with Crippen LogP contribution in [0.15, 0.2) is 73.1 Å². The first kappa shape index (κ1) is 34.0. The highest BCUT2D eigenvalue weighted by Gasteiger charge is 2.26. The molecule has 12 nitrogen and oxygen atoms in total. The summed E-state index contributed by atoms with van der Waals surface area (Å²) >= 11 is 0. The number of nitriles is 1. The quantitative estimate of drug-likeness (QED) is 0.0751. The fraction of sp³-hybridized carbons (Fsp3) is 0.206. The molecule has 3 heterocycles. The van der Waals surface area contributed by atoms with E-state index in [-0.39, 0.29) is 35.3 Å². The molecule has 13 heteroatoms. The zero-order chi connectivity index (χ0) is 33.8. The highest BCUT2D eigenvalue weighted by atomic mass is 19.1. The fourth-order valence-electron chi connectivity index (χ4n) is 5.18. The van der Waals surface area contributed by atoms with Gasteiger partial charge in [0.25, 0.3) is 12.4 Å². The second-order valence-electron chi connectivity index (χ2n) is 10.4. The number of benzene rings is 2. The first-order valence-corrected chi connectivity index (χ1v) is 14.5. The Morgan fingerprint density at radius 3 is 2.40 bits per heavy atom. The van der Waals surface area contributed by atoms with Gasteiger partial charge in [-0.1, -0.05) is 30.3 Å². The van der Waals surface area contributed by atoms with Crippen LogP contribution < -0.4 is 20.4 Å². The number of ether oxygens (including phenoxy) is 1. The third-order valence-electron chi connectivity index (χ3n) is 7.56. The first-order valence-electron chi connectivity index (χ1n) is 14.5. The summed E-state index contributed by atoms with van der Waals surface area (Å²) in [5.74, 6) is -0.624. The zero-order valence-corrected chi connectivity index (χ0v) is 25.4. The van der Waals surface area contributed by atoms with E-state index in [0.29, 0.717) is 42.1 Å². The number of carbonyl (C=O) groups is 2. The van der Waals surface area contributed by atoms with E-state index in [2.05, 4.69) is 15.3 Å². The number of aromatic hydroxyl groups is 1. The van der Waals surface area contributed by atoms with Crippen molar-refractivity contribution in [2.45, 2.75) is 25.4 Å². The molecule has 0 atom stereocenters. The number of hydroxylamine groups is 1. The molecule has 242 valence electrons. The van der Waals surface area contributed by atoms with Crippen molar-refractivity contribution in [1.29, 1.82) is 5.26 Å². The number of aromatic nitrogens is 2. The molecule has 47 heavy (non-hydrogen) atoms. The summed E-state index contributed by atoms with van der Waals surface area (Å²) in [6.45, 7) is 1.62. The van der Waals surface area contributed by atoms with Gasteiger partial charge < -0.3 is 25.2 Å². The number of hydrogen-bond acceptors (Lipinski definition) is 10. The van der Waals surface area contributed by atoms with Crippen LogP contribution in [0.5, 0.6) is 11.5 Å². The van der Waals surface area contributed by atoms with E-state index in [1.165, 1.54) is 25.4 Å². The molecule has 1 fully saturated rings. The van der Waals surface area contributed by atoms with Crippen LogP contribution in [0, 0.1) is 17.1 Å². The zero-order valence-electron chi connectivity index (χ0n) is 25.4. The van der Waals surface area contributed by atoms with E-state index in [1.807, 2.05) is 35.2 Å². The van der Waals surface area contributed by atoms with Crippen molar-refractivity contribution in [3.05, 3.63) is 95.7 Å².